The molecule has 4 aromatic rings. The van der Waals surface area contributed by atoms with Crippen LogP contribution in [-0.2, 0) is 6.54 Å². The van der Waals surface area contributed by atoms with Gasteiger partial charge in [-0.25, -0.2) is 0 Å². The van der Waals surface area contributed by atoms with Crippen LogP contribution < -0.4 is 0 Å². The van der Waals surface area contributed by atoms with Gasteiger partial charge >= 0.3 is 0 Å². The Bertz CT molecular complexity index is 1110. The molecule has 6 nitrogen and oxygen atoms in total. The monoisotopic (exact) mass is 407 g/mol. The van der Waals surface area contributed by atoms with E-state index in [0.29, 0.717) is 23.2 Å². The van der Waals surface area contributed by atoms with Crippen molar-refractivity contribution in [3.05, 3.63) is 77.5 Å². The van der Waals surface area contributed by atoms with Crippen molar-refractivity contribution in [2.45, 2.75) is 37.8 Å². The van der Waals surface area contributed by atoms with Crippen molar-refractivity contribution in [1.29, 1.82) is 0 Å². The number of aryl methyl sites for hydroxylation is 1. The summed E-state index contributed by atoms with van der Waals surface area (Å²) >= 11 is 1.27. The Balaban J connectivity index is 1.49. The van der Waals surface area contributed by atoms with Crippen LogP contribution >= 0.6 is 11.8 Å². The van der Waals surface area contributed by atoms with Crippen LogP contribution in [0.15, 0.2) is 68.9 Å². The number of aromatic nitrogens is 3. The summed E-state index contributed by atoms with van der Waals surface area (Å²) in [6.07, 6.45) is 1.66. The lowest BCUT2D eigenvalue weighted by Crippen LogP contribution is -2.15. The zero-order valence-corrected chi connectivity index (χ0v) is 17.3. The molecule has 29 heavy (non-hydrogen) atoms. The van der Waals surface area contributed by atoms with E-state index in [-0.39, 0.29) is 11.0 Å². The van der Waals surface area contributed by atoms with Crippen molar-refractivity contribution in [3.63, 3.8) is 0 Å². The third-order valence-electron chi connectivity index (χ3n) is 4.81. The topological polar surface area (TPSA) is 74.1 Å². The van der Waals surface area contributed by atoms with Gasteiger partial charge in [-0.3, -0.25) is 4.79 Å². The number of hydrogen-bond acceptors (Lipinski definition) is 6. The average molecular weight is 407 g/mol. The fourth-order valence-corrected chi connectivity index (χ4v) is 3.98. The number of benzene rings is 1. The Labute approximate surface area is 172 Å². The molecular weight excluding hydrogens is 386 g/mol. The van der Waals surface area contributed by atoms with Crippen molar-refractivity contribution in [1.82, 2.24) is 14.8 Å². The van der Waals surface area contributed by atoms with Gasteiger partial charge in [0.15, 0.2) is 5.78 Å². The molecule has 0 fully saturated rings. The molecule has 0 amide bonds. The van der Waals surface area contributed by atoms with Crippen LogP contribution in [-0.4, -0.2) is 25.8 Å². The molecule has 0 radical (unpaired) electrons. The maximum Gasteiger partial charge on any atom is 0.277 e. The van der Waals surface area contributed by atoms with Crippen LogP contribution in [0, 0.1) is 13.8 Å². The lowest BCUT2D eigenvalue weighted by molar-refractivity contribution is 0.0993. The number of carbonyl (C=O) groups is 1. The van der Waals surface area contributed by atoms with Crippen molar-refractivity contribution in [2.75, 3.05) is 0 Å². The van der Waals surface area contributed by atoms with Gasteiger partial charge in [0.1, 0.15) is 5.76 Å². The molecule has 0 saturated carbocycles. The first-order valence-corrected chi connectivity index (χ1v) is 10.2. The first-order valence-electron chi connectivity index (χ1n) is 9.32. The zero-order valence-electron chi connectivity index (χ0n) is 16.5. The lowest BCUT2D eigenvalue weighted by Gasteiger charge is -2.10. The molecular formula is C22H21N3O3S. The lowest BCUT2D eigenvalue weighted by atomic mass is 10.1. The fourth-order valence-electron chi connectivity index (χ4n) is 3.23. The van der Waals surface area contributed by atoms with Gasteiger partial charge in [0.05, 0.1) is 18.1 Å². The van der Waals surface area contributed by atoms with Crippen molar-refractivity contribution >= 4 is 17.5 Å². The van der Waals surface area contributed by atoms with Crippen LogP contribution in [0.25, 0.3) is 11.5 Å². The maximum atomic E-state index is 13.1. The minimum atomic E-state index is -0.350. The molecule has 1 aromatic carbocycles. The zero-order chi connectivity index (χ0) is 20.4. The van der Waals surface area contributed by atoms with E-state index in [1.54, 1.807) is 6.26 Å². The van der Waals surface area contributed by atoms with Crippen molar-refractivity contribution in [2.24, 2.45) is 0 Å². The van der Waals surface area contributed by atoms with E-state index in [1.165, 1.54) is 11.8 Å². The normalized spacial score (nSPS) is 12.2. The number of carbonyl (C=O) groups excluding carboxylic acids is 1. The van der Waals surface area contributed by atoms with Crippen LogP contribution in [0.4, 0.5) is 0 Å². The predicted octanol–water partition coefficient (Wildman–Crippen LogP) is 5.16. The third kappa shape index (κ3) is 4.05. The Hall–Kier alpha value is -3.06. The minimum absolute atomic E-state index is 0.0354. The van der Waals surface area contributed by atoms with Crippen molar-refractivity contribution in [3.8, 4) is 11.5 Å². The molecule has 0 aliphatic heterocycles. The van der Waals surface area contributed by atoms with E-state index in [4.69, 9.17) is 8.83 Å². The number of nitrogens with zero attached hydrogens (tertiary/aromatic N) is 3. The molecule has 0 bridgehead atoms. The molecule has 1 atom stereocenters. The third-order valence-corrected chi connectivity index (χ3v) is 5.74. The fraction of sp³-hybridized carbons (Fsp3) is 0.227. The molecule has 0 N–H and O–H groups in total. The molecule has 7 heteroatoms. The highest BCUT2D eigenvalue weighted by Gasteiger charge is 2.24. The quantitative estimate of drug-likeness (QED) is 0.311. The summed E-state index contributed by atoms with van der Waals surface area (Å²) in [6, 6.07) is 15.3. The minimum Gasteiger partial charge on any atom is -0.467 e. The Morgan fingerprint density at radius 1 is 1.14 bits per heavy atom. The smallest absolute Gasteiger partial charge is 0.277 e. The number of hydrogen-bond donors (Lipinski definition) is 0. The number of rotatable bonds is 7. The molecule has 4 rings (SSSR count). The van der Waals surface area contributed by atoms with E-state index in [1.807, 2.05) is 69.3 Å². The van der Waals surface area contributed by atoms with Gasteiger partial charge in [-0.1, -0.05) is 30.0 Å². The summed E-state index contributed by atoms with van der Waals surface area (Å²) in [5.74, 6) is 1.34. The summed E-state index contributed by atoms with van der Waals surface area (Å²) in [6.45, 7) is 6.41. The summed E-state index contributed by atoms with van der Waals surface area (Å²) in [5, 5.41) is 8.20. The Morgan fingerprint density at radius 2 is 1.93 bits per heavy atom. The molecule has 0 spiro atoms. The molecule has 0 saturated heterocycles. The number of Topliss-reactive ketones (excluding diaryl/α,β-unsaturated/α-hetero) is 1. The molecule has 148 valence electrons. The SMILES string of the molecule is Cc1cc(C(=O)[C@@H](C)Sc2nnc(-c3ccccc3)o2)c(C)n1Cc1ccco1. The van der Waals surface area contributed by atoms with Crippen LogP contribution in [0.2, 0.25) is 0 Å². The van der Waals surface area contributed by atoms with Crippen LogP contribution in [0.1, 0.15) is 34.4 Å². The first kappa shape index (κ1) is 19.3. The summed E-state index contributed by atoms with van der Waals surface area (Å²) in [7, 11) is 0. The van der Waals surface area contributed by atoms with Gasteiger partial charge < -0.3 is 13.4 Å². The van der Waals surface area contributed by atoms with Gasteiger partial charge in [0.25, 0.3) is 5.22 Å². The van der Waals surface area contributed by atoms with Gasteiger partial charge in [-0.2, -0.15) is 0 Å². The Morgan fingerprint density at radius 3 is 2.66 bits per heavy atom. The number of ketones is 1. The van der Waals surface area contributed by atoms with E-state index in [9.17, 15) is 4.79 Å². The average Bonchev–Trinajstić information content (AvgIpc) is 3.46. The number of thioether (sulfide) groups is 1. The second-order valence-corrected chi connectivity index (χ2v) is 8.11. The molecule has 3 aromatic heterocycles. The van der Waals surface area contributed by atoms with E-state index >= 15 is 0 Å². The molecule has 0 aliphatic carbocycles. The second-order valence-electron chi connectivity index (χ2n) is 6.81. The highest BCUT2D eigenvalue weighted by atomic mass is 32.2. The highest BCUT2D eigenvalue weighted by molar-refractivity contribution is 8.00. The highest BCUT2D eigenvalue weighted by Crippen LogP contribution is 2.29. The maximum absolute atomic E-state index is 13.1. The van der Waals surface area contributed by atoms with E-state index in [2.05, 4.69) is 14.8 Å². The van der Waals surface area contributed by atoms with E-state index in [0.717, 1.165) is 22.7 Å². The summed E-state index contributed by atoms with van der Waals surface area (Å²) in [5.41, 5.74) is 3.50. The van der Waals surface area contributed by atoms with Gasteiger partial charge in [-0.15, -0.1) is 10.2 Å². The second kappa shape index (κ2) is 8.13. The Kier molecular flexibility index (Phi) is 5.40. The summed E-state index contributed by atoms with van der Waals surface area (Å²) in [4.78, 5) is 13.1. The van der Waals surface area contributed by atoms with Gasteiger partial charge in [0.2, 0.25) is 5.89 Å². The molecule has 0 unspecified atom stereocenters. The predicted molar refractivity (Wildman–Crippen MR) is 111 cm³/mol. The molecule has 3 heterocycles. The van der Waals surface area contributed by atoms with Crippen LogP contribution in [0.5, 0.6) is 0 Å². The summed E-state index contributed by atoms with van der Waals surface area (Å²) < 4.78 is 13.3. The van der Waals surface area contributed by atoms with Crippen molar-refractivity contribution < 1.29 is 13.6 Å². The largest absolute Gasteiger partial charge is 0.467 e. The standard InChI is InChI=1S/C22H21N3O3S/c1-14-12-19(15(2)25(14)13-18-10-7-11-27-18)20(26)16(3)29-22-24-23-21(28-22)17-8-5-4-6-9-17/h4-12,16H,13H2,1-3H3/t16-/m1/s1. The van der Waals surface area contributed by atoms with E-state index < -0.39 is 0 Å². The van der Waals surface area contributed by atoms with Gasteiger partial charge in [0, 0.05) is 22.5 Å². The molecule has 0 aliphatic rings. The first-order chi connectivity index (χ1) is 14.0. The number of furan rings is 1. The van der Waals surface area contributed by atoms with Crippen LogP contribution in [0.3, 0.4) is 0 Å². The van der Waals surface area contributed by atoms with Gasteiger partial charge in [-0.05, 0) is 51.1 Å².